The fraction of sp³-hybridized carbons (Fsp3) is 0.333. The third-order valence-electron chi connectivity index (χ3n) is 2.68. The second-order valence-corrected chi connectivity index (χ2v) is 6.81. The fourth-order valence-electron chi connectivity index (χ4n) is 1.63. The number of hydrogen-bond acceptors (Lipinski definition) is 6. The molecule has 0 fully saturated rings. The molecule has 6 nitrogen and oxygen atoms in total. The van der Waals surface area contributed by atoms with Crippen molar-refractivity contribution in [3.8, 4) is 0 Å². The number of amidine groups is 1. The van der Waals surface area contributed by atoms with E-state index in [2.05, 4.69) is 14.5 Å². The van der Waals surface area contributed by atoms with Crippen LogP contribution in [0.25, 0.3) is 0 Å². The van der Waals surface area contributed by atoms with Gasteiger partial charge in [-0.15, -0.1) is 4.40 Å². The molecule has 0 aromatic heterocycles. The molecule has 108 valence electrons. The summed E-state index contributed by atoms with van der Waals surface area (Å²) in [5, 5.41) is 3.21. The largest absolute Gasteiger partial charge is 0.469 e. The highest BCUT2D eigenvalue weighted by Crippen LogP contribution is 2.29. The molecule has 1 aliphatic rings. The van der Waals surface area contributed by atoms with Gasteiger partial charge in [-0.2, -0.15) is 8.42 Å². The highest BCUT2D eigenvalue weighted by atomic mass is 32.2. The molecule has 0 amide bonds. The summed E-state index contributed by atoms with van der Waals surface area (Å²) < 4.78 is 32.3. The minimum atomic E-state index is -3.68. The lowest BCUT2D eigenvalue weighted by Gasteiger charge is -2.18. The number of methoxy groups -OCH3 is 1. The molecule has 0 saturated heterocycles. The molecule has 0 bridgehead atoms. The Hall–Kier alpha value is -1.54. The van der Waals surface area contributed by atoms with Crippen LogP contribution in [0.4, 0.5) is 5.69 Å². The number of benzene rings is 1. The van der Waals surface area contributed by atoms with E-state index in [1.54, 1.807) is 25.1 Å². The van der Waals surface area contributed by atoms with Crippen molar-refractivity contribution in [1.82, 2.24) is 0 Å². The molecule has 1 heterocycles. The maximum atomic E-state index is 12.0. The Labute approximate surface area is 121 Å². The molecule has 0 radical (unpaired) electrons. The van der Waals surface area contributed by atoms with Gasteiger partial charge in [-0.05, 0) is 12.1 Å². The number of hydrogen-bond donors (Lipinski definition) is 1. The van der Waals surface area contributed by atoms with Gasteiger partial charge in [0.05, 0.1) is 18.7 Å². The Morgan fingerprint density at radius 1 is 1.45 bits per heavy atom. The van der Waals surface area contributed by atoms with E-state index in [-0.39, 0.29) is 22.0 Å². The number of carbonyl (C=O) groups excluding carboxylic acids is 1. The van der Waals surface area contributed by atoms with Crippen molar-refractivity contribution in [2.75, 3.05) is 18.2 Å². The Morgan fingerprint density at radius 3 is 2.85 bits per heavy atom. The van der Waals surface area contributed by atoms with Crippen LogP contribution >= 0.6 is 11.8 Å². The summed E-state index contributed by atoms with van der Waals surface area (Å²) in [4.78, 5) is 11.5. The van der Waals surface area contributed by atoms with E-state index < -0.39 is 10.0 Å². The number of sulfonamides is 1. The third-order valence-corrected chi connectivity index (χ3v) is 5.27. The van der Waals surface area contributed by atoms with Crippen LogP contribution in [0.2, 0.25) is 0 Å². The lowest BCUT2D eigenvalue weighted by atomic mass is 10.2. The van der Waals surface area contributed by atoms with Crippen LogP contribution in [0.1, 0.15) is 6.92 Å². The number of ether oxygens (including phenoxy) is 1. The summed E-state index contributed by atoms with van der Waals surface area (Å²) in [5.41, 5.74) is 0.496. The molecular formula is C12H14N2O4S2. The fourth-order valence-corrected chi connectivity index (χ4v) is 3.87. The predicted molar refractivity (Wildman–Crippen MR) is 78.3 cm³/mol. The average molecular weight is 314 g/mol. The molecule has 0 unspecified atom stereocenters. The standard InChI is InChI=1S/C12H14N2O4S2/c1-8(11(15)18-2)7-19-12-13-9-5-3-4-6-10(9)20(16,17)14-12/h3-6,8H,7H2,1-2H3,(H,13,14)/t8-/m0/s1. The third kappa shape index (κ3) is 3.13. The van der Waals surface area contributed by atoms with Gasteiger partial charge < -0.3 is 10.1 Å². The Bertz CT molecular complexity index is 655. The quantitative estimate of drug-likeness (QED) is 0.855. The summed E-state index contributed by atoms with van der Waals surface area (Å²) in [7, 11) is -2.36. The SMILES string of the molecule is COC(=O)[C@@H](C)CSC1=NS(=O)(=O)c2ccccc2N1. The minimum Gasteiger partial charge on any atom is -0.469 e. The van der Waals surface area contributed by atoms with E-state index >= 15 is 0 Å². The molecule has 0 saturated carbocycles. The molecule has 0 spiro atoms. The number of anilines is 1. The number of nitrogens with one attached hydrogen (secondary N) is 1. The normalized spacial score (nSPS) is 17.4. The minimum absolute atomic E-state index is 0.158. The zero-order valence-electron chi connectivity index (χ0n) is 11.0. The maximum Gasteiger partial charge on any atom is 0.309 e. The van der Waals surface area contributed by atoms with Crippen molar-refractivity contribution in [2.24, 2.45) is 10.3 Å². The van der Waals surface area contributed by atoms with Crippen LogP contribution in [-0.4, -0.2) is 32.4 Å². The van der Waals surface area contributed by atoms with Crippen LogP contribution in [0.5, 0.6) is 0 Å². The van der Waals surface area contributed by atoms with Crippen LogP contribution in [0, 0.1) is 5.92 Å². The number of esters is 1. The topological polar surface area (TPSA) is 84.8 Å². The van der Waals surface area contributed by atoms with E-state index in [1.807, 2.05) is 0 Å². The molecule has 0 aliphatic carbocycles. The van der Waals surface area contributed by atoms with Gasteiger partial charge in [-0.1, -0.05) is 30.8 Å². The Balaban J connectivity index is 2.13. The second kappa shape index (κ2) is 5.84. The monoisotopic (exact) mass is 314 g/mol. The molecule has 1 atom stereocenters. The van der Waals surface area contributed by atoms with Gasteiger partial charge in [0.25, 0.3) is 10.0 Å². The predicted octanol–water partition coefficient (Wildman–Crippen LogP) is 1.70. The van der Waals surface area contributed by atoms with Crippen LogP contribution < -0.4 is 5.32 Å². The summed E-state index contributed by atoms with van der Waals surface area (Å²) in [5.74, 6) is -0.289. The van der Waals surface area contributed by atoms with Crippen molar-refractivity contribution in [3.05, 3.63) is 24.3 Å². The van der Waals surface area contributed by atoms with Gasteiger partial charge >= 0.3 is 5.97 Å². The number of rotatable bonds is 3. The molecular weight excluding hydrogens is 300 g/mol. The van der Waals surface area contributed by atoms with Crippen LogP contribution in [-0.2, 0) is 19.6 Å². The average Bonchev–Trinajstić information content (AvgIpc) is 2.43. The Morgan fingerprint density at radius 2 is 2.15 bits per heavy atom. The first-order chi connectivity index (χ1) is 9.44. The number of thioether (sulfide) groups is 1. The summed E-state index contributed by atoms with van der Waals surface area (Å²) in [6.45, 7) is 1.71. The molecule has 1 aromatic rings. The zero-order valence-corrected chi connectivity index (χ0v) is 12.6. The van der Waals surface area contributed by atoms with E-state index in [9.17, 15) is 13.2 Å². The zero-order chi connectivity index (χ0) is 14.8. The lowest BCUT2D eigenvalue weighted by Crippen LogP contribution is -2.21. The molecule has 1 aromatic carbocycles. The van der Waals surface area contributed by atoms with Crippen molar-refractivity contribution >= 4 is 38.6 Å². The number of carbonyl (C=O) groups is 1. The maximum absolute atomic E-state index is 12.0. The molecule has 2 rings (SSSR count). The van der Waals surface area contributed by atoms with Crippen molar-refractivity contribution in [1.29, 1.82) is 0 Å². The summed E-state index contributed by atoms with van der Waals surface area (Å²) >= 11 is 1.17. The van der Waals surface area contributed by atoms with Gasteiger partial charge in [0, 0.05) is 5.75 Å². The molecule has 1 aliphatic heterocycles. The highest BCUT2D eigenvalue weighted by Gasteiger charge is 2.25. The summed E-state index contributed by atoms with van der Waals surface area (Å²) in [6, 6.07) is 6.56. The number of para-hydroxylation sites is 1. The van der Waals surface area contributed by atoms with Gasteiger partial charge in [0.15, 0.2) is 5.17 Å². The van der Waals surface area contributed by atoms with Crippen molar-refractivity contribution in [2.45, 2.75) is 11.8 Å². The first-order valence-electron chi connectivity index (χ1n) is 5.85. The van der Waals surface area contributed by atoms with Crippen LogP contribution in [0.3, 0.4) is 0 Å². The first kappa shape index (κ1) is 14.9. The van der Waals surface area contributed by atoms with Crippen molar-refractivity contribution < 1.29 is 17.9 Å². The van der Waals surface area contributed by atoms with Gasteiger partial charge in [-0.25, -0.2) is 0 Å². The van der Waals surface area contributed by atoms with E-state index in [4.69, 9.17) is 0 Å². The Kier molecular flexibility index (Phi) is 4.34. The van der Waals surface area contributed by atoms with Gasteiger partial charge in [0.1, 0.15) is 4.90 Å². The molecule has 20 heavy (non-hydrogen) atoms. The second-order valence-electron chi connectivity index (χ2n) is 4.23. The highest BCUT2D eigenvalue weighted by molar-refractivity contribution is 8.14. The smallest absolute Gasteiger partial charge is 0.309 e. The first-order valence-corrected chi connectivity index (χ1v) is 8.28. The lowest BCUT2D eigenvalue weighted by molar-refractivity contribution is -0.143. The molecule has 1 N–H and O–H groups in total. The van der Waals surface area contributed by atoms with Crippen molar-refractivity contribution in [3.63, 3.8) is 0 Å². The van der Waals surface area contributed by atoms with Crippen LogP contribution in [0.15, 0.2) is 33.6 Å². The van der Waals surface area contributed by atoms with E-state index in [1.165, 1.54) is 24.9 Å². The van der Waals surface area contributed by atoms with E-state index in [0.29, 0.717) is 11.4 Å². The van der Waals surface area contributed by atoms with Gasteiger partial charge in [-0.3, -0.25) is 4.79 Å². The van der Waals surface area contributed by atoms with E-state index in [0.717, 1.165) is 0 Å². The molecule has 8 heteroatoms. The number of nitrogens with zero attached hydrogens (tertiary/aromatic N) is 1. The van der Waals surface area contributed by atoms with Gasteiger partial charge in [0.2, 0.25) is 0 Å². The number of fused-ring (bicyclic) bond motifs is 1. The summed E-state index contributed by atoms with van der Waals surface area (Å²) in [6.07, 6.45) is 0.